The van der Waals surface area contributed by atoms with E-state index in [1.165, 1.54) is 137 Å². The van der Waals surface area contributed by atoms with E-state index in [4.69, 9.17) is 31.5 Å². The van der Waals surface area contributed by atoms with Crippen molar-refractivity contribution < 1.29 is 0 Å². The number of hydrogen-bond donors (Lipinski definition) is 1. The number of para-hydroxylation sites is 6. The van der Waals surface area contributed by atoms with Crippen molar-refractivity contribution in [3.05, 3.63) is 394 Å². The lowest BCUT2D eigenvalue weighted by Gasteiger charge is -2.12. The lowest BCUT2D eigenvalue weighted by Crippen LogP contribution is -1.96. The van der Waals surface area contributed by atoms with Gasteiger partial charge in [-0.05, 0) is 165 Å². The highest BCUT2D eigenvalue weighted by Crippen LogP contribution is 2.43. The first-order chi connectivity index (χ1) is 56.0. The lowest BCUT2D eigenvalue weighted by molar-refractivity contribution is 1.18. The third-order valence-electron chi connectivity index (χ3n) is 22.6. The van der Waals surface area contributed by atoms with Gasteiger partial charge >= 0.3 is 0 Å². The summed E-state index contributed by atoms with van der Waals surface area (Å²) in [6, 6.07) is 133. The van der Waals surface area contributed by atoms with Gasteiger partial charge in [-0.25, -0.2) is 9.97 Å². The van der Waals surface area contributed by atoms with Crippen LogP contribution in [0.25, 0.3) is 214 Å². The van der Waals surface area contributed by atoms with Crippen LogP contribution in [0.5, 0.6) is 0 Å². The maximum atomic E-state index is 6.14. The summed E-state index contributed by atoms with van der Waals surface area (Å²) in [6.07, 6.45) is 3.75. The van der Waals surface area contributed by atoms with Gasteiger partial charge < -0.3 is 18.7 Å². The molecular formula is C104H65ClN8. The van der Waals surface area contributed by atoms with Gasteiger partial charge in [-0.1, -0.05) is 266 Å². The van der Waals surface area contributed by atoms with Crippen LogP contribution in [-0.4, -0.2) is 38.6 Å². The highest BCUT2D eigenvalue weighted by Gasteiger charge is 2.21. The topological polar surface area (TPSA) is 82.1 Å². The summed E-state index contributed by atoms with van der Waals surface area (Å²) >= 11 is 6.14. The fourth-order valence-corrected chi connectivity index (χ4v) is 17.6. The minimum absolute atomic E-state index is 0.697. The van der Waals surface area contributed by atoms with E-state index in [2.05, 4.69) is 358 Å². The molecule has 24 aromatic rings. The number of nitrogens with one attached hydrogen (secondary N) is 1. The molecule has 6 aromatic heterocycles. The average molecular weight is 1460 g/mol. The van der Waals surface area contributed by atoms with Crippen molar-refractivity contribution in [1.82, 2.24) is 38.6 Å². The molecule has 0 aliphatic heterocycles. The summed E-state index contributed by atoms with van der Waals surface area (Å²) in [4.78, 5) is 23.6. The number of aromatic nitrogens is 8. The van der Waals surface area contributed by atoms with Crippen molar-refractivity contribution in [2.75, 3.05) is 0 Å². The van der Waals surface area contributed by atoms with Crippen LogP contribution < -0.4 is 0 Å². The summed E-state index contributed by atoms with van der Waals surface area (Å²) in [5.41, 5.74) is 25.3. The van der Waals surface area contributed by atoms with Crippen LogP contribution in [0.1, 0.15) is 0 Å². The van der Waals surface area contributed by atoms with Gasteiger partial charge in [0.15, 0.2) is 0 Å². The monoisotopic (exact) mass is 1460 g/mol. The first kappa shape index (κ1) is 65.3. The molecule has 18 aromatic carbocycles. The number of hydrogen-bond acceptors (Lipinski definition) is 4. The summed E-state index contributed by atoms with van der Waals surface area (Å²) in [7, 11) is 0. The largest absolute Gasteiger partial charge is 0.355 e. The third kappa shape index (κ3) is 11.0. The van der Waals surface area contributed by atoms with Crippen LogP contribution in [0.15, 0.2) is 389 Å². The Labute approximate surface area is 653 Å². The molecule has 113 heavy (non-hydrogen) atoms. The van der Waals surface area contributed by atoms with Crippen molar-refractivity contribution >= 4 is 164 Å². The standard InChI is InChI=1S/C52H32N4.C30H20N2.C22H13ClN2/c1-2-14-36(15-3-1)55-47-23-10-8-19-40(47)44-30-33(25-27-49(44)55)34-26-28-50-45(31-34)41-20-9-11-24-48(41)56(50)37-16-12-13-35(29-37)46-32-53-51-42-21-6-4-17-38(42)39-18-5-7-22-43(39)52(51)54-46;1-2-8-22(9-3-1)32-29-13-7-5-11-24(29)26-19-21(15-17-30(26)32)20-14-16-28-25(18-20)23-10-4-6-12-27(23)31-28;23-15-7-5-6-14(12-15)20-13-24-21-18-10-3-1-8-16(18)17-9-2-4-11-19(17)22(21)25-20/h1-32H;1-19,31H;1-13H. The normalized spacial score (nSPS) is 11.8. The molecule has 6 heterocycles. The van der Waals surface area contributed by atoms with E-state index in [1.54, 1.807) is 0 Å². The van der Waals surface area contributed by atoms with Crippen LogP contribution in [0.2, 0.25) is 5.02 Å². The van der Waals surface area contributed by atoms with E-state index in [0.717, 1.165) is 77.3 Å². The van der Waals surface area contributed by atoms with E-state index in [1.807, 2.05) is 48.8 Å². The highest BCUT2D eigenvalue weighted by molar-refractivity contribution is 6.31. The smallest absolute Gasteiger partial charge is 0.0979 e. The van der Waals surface area contributed by atoms with Crippen LogP contribution in [0.4, 0.5) is 0 Å². The lowest BCUT2D eigenvalue weighted by atomic mass is 9.99. The first-order valence-electron chi connectivity index (χ1n) is 38.2. The quantitative estimate of drug-likeness (QED) is 0.161. The van der Waals surface area contributed by atoms with Crippen LogP contribution in [0.3, 0.4) is 0 Å². The van der Waals surface area contributed by atoms with Crippen molar-refractivity contribution in [3.8, 4) is 61.8 Å². The van der Waals surface area contributed by atoms with Gasteiger partial charge in [-0.15, -0.1) is 0 Å². The molecule has 9 heteroatoms. The Bertz CT molecular complexity index is 7900. The van der Waals surface area contributed by atoms with Crippen molar-refractivity contribution in [3.63, 3.8) is 0 Å². The zero-order valence-corrected chi connectivity index (χ0v) is 61.7. The van der Waals surface area contributed by atoms with Crippen LogP contribution in [0, 0.1) is 0 Å². The molecule has 8 nitrogen and oxygen atoms in total. The van der Waals surface area contributed by atoms with E-state index in [-0.39, 0.29) is 0 Å². The number of rotatable bonds is 7. The Morgan fingerprint density at radius 1 is 0.204 bits per heavy atom. The molecule has 1 N–H and O–H groups in total. The molecule has 528 valence electrons. The summed E-state index contributed by atoms with van der Waals surface area (Å²) < 4.78 is 7.11. The Hall–Kier alpha value is -14.8. The molecule has 24 rings (SSSR count). The van der Waals surface area contributed by atoms with Gasteiger partial charge in [-0.3, -0.25) is 9.97 Å². The molecular weight excluding hydrogens is 1400 g/mol. The Kier molecular flexibility index (Phi) is 15.5. The molecule has 0 radical (unpaired) electrons. The minimum atomic E-state index is 0.697. The third-order valence-corrected chi connectivity index (χ3v) is 22.8. The summed E-state index contributed by atoms with van der Waals surface area (Å²) in [6.45, 7) is 0. The number of benzene rings is 18. The molecule has 0 bridgehead atoms. The predicted octanol–water partition coefficient (Wildman–Crippen LogP) is 27.8. The second-order valence-electron chi connectivity index (χ2n) is 29.0. The Morgan fingerprint density at radius 2 is 0.522 bits per heavy atom. The first-order valence-corrected chi connectivity index (χ1v) is 38.5. The van der Waals surface area contributed by atoms with Crippen molar-refractivity contribution in [1.29, 1.82) is 0 Å². The van der Waals surface area contributed by atoms with E-state index < -0.39 is 0 Å². The number of halogens is 1. The molecule has 0 saturated carbocycles. The second-order valence-corrected chi connectivity index (χ2v) is 29.4. The molecule has 0 atom stereocenters. The SMILES string of the molecule is Clc1cccc(-c2cnc3c4ccccc4c4ccccc4c3n2)c1.c1ccc(-n2c3ccccc3c3cc(-c4ccc5[nH]c6ccccc6c5c4)ccc32)cc1.c1ccc(-n2c3ccccc3c3cc(-c4ccc5c(c4)c4ccccc4n5-c4cccc(-c5cnc6c7ccccc7c7ccccc7c6n5)c4)ccc32)cc1. The summed E-state index contributed by atoms with van der Waals surface area (Å²) in [5, 5.41) is 20.0. The van der Waals surface area contributed by atoms with Gasteiger partial charge in [0.25, 0.3) is 0 Å². The fraction of sp³-hybridized carbons (Fsp3) is 0. The maximum Gasteiger partial charge on any atom is 0.0979 e. The molecule has 0 fully saturated rings. The van der Waals surface area contributed by atoms with E-state index in [9.17, 15) is 0 Å². The predicted molar refractivity (Wildman–Crippen MR) is 475 cm³/mol. The van der Waals surface area contributed by atoms with Gasteiger partial charge in [0.2, 0.25) is 0 Å². The maximum absolute atomic E-state index is 6.14. The summed E-state index contributed by atoms with van der Waals surface area (Å²) in [5.74, 6) is 0. The van der Waals surface area contributed by atoms with Crippen molar-refractivity contribution in [2.24, 2.45) is 0 Å². The number of H-pyrrole nitrogens is 1. The van der Waals surface area contributed by atoms with E-state index >= 15 is 0 Å². The van der Waals surface area contributed by atoms with Gasteiger partial charge in [0.05, 0.1) is 78.9 Å². The van der Waals surface area contributed by atoms with Crippen LogP contribution >= 0.6 is 11.6 Å². The van der Waals surface area contributed by atoms with Gasteiger partial charge in [-0.2, -0.15) is 0 Å². The second kappa shape index (κ2) is 26.8. The fourth-order valence-electron chi connectivity index (χ4n) is 17.4. The number of fused-ring (bicyclic) bond motifs is 24. The minimum Gasteiger partial charge on any atom is -0.355 e. The Morgan fingerprint density at radius 3 is 0.965 bits per heavy atom. The number of aromatic amines is 1. The molecule has 0 saturated heterocycles. The average Bonchev–Trinajstić information content (AvgIpc) is 1.74. The number of nitrogens with zero attached hydrogens (tertiary/aromatic N) is 7. The molecule has 0 aliphatic carbocycles. The molecule has 0 aliphatic rings. The van der Waals surface area contributed by atoms with Crippen molar-refractivity contribution in [2.45, 2.75) is 0 Å². The van der Waals surface area contributed by atoms with Crippen LogP contribution in [-0.2, 0) is 0 Å². The van der Waals surface area contributed by atoms with Gasteiger partial charge in [0.1, 0.15) is 0 Å². The molecule has 0 spiro atoms. The Balaban J connectivity index is 0.000000115. The zero-order valence-electron chi connectivity index (χ0n) is 61.0. The highest BCUT2D eigenvalue weighted by atomic mass is 35.5. The molecule has 0 amide bonds. The molecule has 0 unspecified atom stereocenters. The zero-order chi connectivity index (χ0) is 74.6. The van der Waals surface area contributed by atoms with Gasteiger partial charge in [0, 0.05) is 109 Å². The van der Waals surface area contributed by atoms with E-state index in [0.29, 0.717) is 5.02 Å².